The van der Waals surface area contributed by atoms with E-state index in [1.165, 1.54) is 0 Å². The van der Waals surface area contributed by atoms with Gasteiger partial charge in [0, 0.05) is 17.7 Å². The van der Waals surface area contributed by atoms with E-state index in [0.29, 0.717) is 12.2 Å². The van der Waals surface area contributed by atoms with Gasteiger partial charge in [0.2, 0.25) is 0 Å². The molecule has 0 aromatic heterocycles. The minimum absolute atomic E-state index is 0.0328. The van der Waals surface area contributed by atoms with Gasteiger partial charge in [-0.05, 0) is 12.3 Å². The summed E-state index contributed by atoms with van der Waals surface area (Å²) < 4.78 is 8.90. The lowest BCUT2D eigenvalue weighted by molar-refractivity contribution is -0.150. The third-order valence-corrected chi connectivity index (χ3v) is 1.54. The maximum absolute atomic E-state index is 10.9. The molecule has 0 atom stereocenters. The van der Waals surface area contributed by atoms with E-state index < -0.39 is 11.9 Å². The predicted octanol–water partition coefficient (Wildman–Crippen LogP) is 1.78. The van der Waals surface area contributed by atoms with Crippen LogP contribution >= 0.6 is 0 Å². The first kappa shape index (κ1) is 16.1. The number of carbonyl (C=O) groups excluding carboxylic acids is 3. The lowest BCUT2D eigenvalue weighted by atomic mass is 9.99. The lowest BCUT2D eigenvalue weighted by Gasteiger charge is -2.17. The van der Waals surface area contributed by atoms with E-state index in [2.05, 4.69) is 11.3 Å². The molecule has 0 aromatic rings. The average Bonchev–Trinajstić information content (AvgIpc) is 2.58. The van der Waals surface area contributed by atoms with Crippen molar-refractivity contribution in [3.8, 4) is 0 Å². The van der Waals surface area contributed by atoms with Gasteiger partial charge in [-0.15, -0.1) is 0 Å². The molecular formula is C13H18O5. The molecule has 100 valence electrons. The smallest absolute Gasteiger partial charge is 0.338 e. The molecule has 1 rings (SSSR count). The lowest BCUT2D eigenvalue weighted by Crippen LogP contribution is -2.18. The molecule has 0 spiro atoms. The zero-order chi connectivity index (χ0) is 14.3. The van der Waals surface area contributed by atoms with Crippen LogP contribution in [0.15, 0.2) is 24.3 Å². The molecule has 0 saturated heterocycles. The molecule has 0 unspecified atom stereocenters. The van der Waals surface area contributed by atoms with E-state index in [1.54, 1.807) is 6.92 Å². The maximum Gasteiger partial charge on any atom is 0.338 e. The van der Waals surface area contributed by atoms with Crippen molar-refractivity contribution in [1.29, 1.82) is 0 Å². The van der Waals surface area contributed by atoms with Gasteiger partial charge in [-0.2, -0.15) is 0 Å². The fourth-order valence-electron chi connectivity index (χ4n) is 0.709. The molecule has 0 N–H and O–H groups in total. The minimum atomic E-state index is -0.579. The zero-order valence-electron chi connectivity index (χ0n) is 11.1. The number of carbonyl (C=O) groups is 3. The van der Waals surface area contributed by atoms with Gasteiger partial charge in [0.15, 0.2) is 0 Å². The van der Waals surface area contributed by atoms with Gasteiger partial charge >= 0.3 is 17.9 Å². The molecule has 0 amide bonds. The Labute approximate surface area is 106 Å². The van der Waals surface area contributed by atoms with Crippen molar-refractivity contribution in [1.82, 2.24) is 0 Å². The fraction of sp³-hybridized carbons (Fsp3) is 0.462. The number of hydrogen-bond acceptors (Lipinski definition) is 5. The molecule has 1 aliphatic heterocycles. The Morgan fingerprint density at radius 2 is 1.72 bits per heavy atom. The number of cyclic esters (lactones) is 2. The van der Waals surface area contributed by atoms with Crippen LogP contribution in [0.1, 0.15) is 27.7 Å². The average molecular weight is 254 g/mol. The van der Waals surface area contributed by atoms with Crippen molar-refractivity contribution >= 4 is 17.9 Å². The summed E-state index contributed by atoms with van der Waals surface area (Å²) in [5.74, 6) is -1.46. The second-order valence-corrected chi connectivity index (χ2v) is 4.99. The number of hydrogen-bond donors (Lipinski definition) is 0. The van der Waals surface area contributed by atoms with Crippen LogP contribution < -0.4 is 0 Å². The first-order chi connectivity index (χ1) is 8.11. The second kappa shape index (κ2) is 6.74. The number of ether oxygens (including phenoxy) is 2. The highest BCUT2D eigenvalue weighted by Gasteiger charge is 2.13. The predicted molar refractivity (Wildman–Crippen MR) is 65.5 cm³/mol. The highest BCUT2D eigenvalue weighted by Crippen LogP contribution is 2.13. The Balaban J connectivity index is 0.000000351. The summed E-state index contributed by atoms with van der Waals surface area (Å²) in [6, 6.07) is 0. The monoisotopic (exact) mass is 254 g/mol. The van der Waals surface area contributed by atoms with E-state index >= 15 is 0 Å². The van der Waals surface area contributed by atoms with Crippen LogP contribution in [0.5, 0.6) is 0 Å². The molecule has 5 heteroatoms. The topological polar surface area (TPSA) is 69.7 Å². The Morgan fingerprint density at radius 3 is 1.94 bits per heavy atom. The Bertz CT molecular complexity index is 369. The highest BCUT2D eigenvalue weighted by molar-refractivity contribution is 6.04. The van der Waals surface area contributed by atoms with Crippen molar-refractivity contribution < 1.29 is 23.9 Å². The van der Waals surface area contributed by atoms with Gasteiger partial charge in [0.1, 0.15) is 0 Å². The molecule has 0 aliphatic carbocycles. The standard InChI is InChI=1S/C9H16O2.C4H2O3/c1-7(2)8(10)11-6-9(3,4)5;5-3-1-2-4(6)7-3/h1,6H2,2-5H3;1-2H. The summed E-state index contributed by atoms with van der Waals surface area (Å²) in [5.41, 5.74) is 0.486. The van der Waals surface area contributed by atoms with Crippen LogP contribution in [0.25, 0.3) is 0 Å². The van der Waals surface area contributed by atoms with Crippen LogP contribution in [0.2, 0.25) is 0 Å². The van der Waals surface area contributed by atoms with Crippen molar-refractivity contribution in [3.05, 3.63) is 24.3 Å². The van der Waals surface area contributed by atoms with E-state index in [1.807, 2.05) is 20.8 Å². The first-order valence-corrected chi connectivity index (χ1v) is 5.38. The molecule has 1 aliphatic rings. The number of rotatable bonds is 2. The van der Waals surface area contributed by atoms with Crippen LogP contribution in [-0.4, -0.2) is 24.5 Å². The molecule has 0 bridgehead atoms. The van der Waals surface area contributed by atoms with Crippen LogP contribution in [0.3, 0.4) is 0 Å². The van der Waals surface area contributed by atoms with Crippen LogP contribution in [0.4, 0.5) is 0 Å². The van der Waals surface area contributed by atoms with E-state index in [4.69, 9.17) is 4.74 Å². The zero-order valence-corrected chi connectivity index (χ0v) is 11.1. The molecule has 0 radical (unpaired) electrons. The quantitative estimate of drug-likeness (QED) is 0.427. The number of esters is 3. The molecule has 0 fully saturated rings. The van der Waals surface area contributed by atoms with Crippen LogP contribution in [-0.2, 0) is 23.9 Å². The van der Waals surface area contributed by atoms with E-state index in [0.717, 1.165) is 12.2 Å². The highest BCUT2D eigenvalue weighted by atomic mass is 16.6. The molecule has 1 heterocycles. The summed E-state index contributed by atoms with van der Waals surface area (Å²) in [6.07, 6.45) is 2.17. The van der Waals surface area contributed by atoms with Crippen LogP contribution in [0, 0.1) is 5.41 Å². The Morgan fingerprint density at radius 1 is 1.28 bits per heavy atom. The molecule has 0 saturated carbocycles. The Hall–Kier alpha value is -1.91. The summed E-state index contributed by atoms with van der Waals surface area (Å²) in [6.45, 7) is 11.6. The van der Waals surface area contributed by atoms with Gasteiger partial charge in [-0.3, -0.25) is 0 Å². The molecule has 5 nitrogen and oxygen atoms in total. The summed E-state index contributed by atoms with van der Waals surface area (Å²) >= 11 is 0. The van der Waals surface area contributed by atoms with Gasteiger partial charge in [-0.1, -0.05) is 27.4 Å². The molecule has 0 aromatic carbocycles. The van der Waals surface area contributed by atoms with Gasteiger partial charge in [-0.25, -0.2) is 14.4 Å². The van der Waals surface area contributed by atoms with Crippen molar-refractivity contribution in [3.63, 3.8) is 0 Å². The van der Waals surface area contributed by atoms with Crippen molar-refractivity contribution in [2.24, 2.45) is 5.41 Å². The normalized spacial score (nSPS) is 13.6. The SMILES string of the molecule is C=C(C)C(=O)OCC(C)(C)C.O=C1C=CC(=O)O1. The summed E-state index contributed by atoms with van der Waals surface area (Å²) in [4.78, 5) is 30.7. The third-order valence-electron chi connectivity index (χ3n) is 1.54. The van der Waals surface area contributed by atoms with Crippen molar-refractivity contribution in [2.45, 2.75) is 27.7 Å². The first-order valence-electron chi connectivity index (χ1n) is 5.38. The molecule has 18 heavy (non-hydrogen) atoms. The van der Waals surface area contributed by atoms with E-state index in [9.17, 15) is 14.4 Å². The minimum Gasteiger partial charge on any atom is -0.462 e. The largest absolute Gasteiger partial charge is 0.462 e. The van der Waals surface area contributed by atoms with Crippen molar-refractivity contribution in [2.75, 3.05) is 6.61 Å². The van der Waals surface area contributed by atoms with E-state index in [-0.39, 0.29) is 11.4 Å². The molecular weight excluding hydrogens is 236 g/mol. The van der Waals surface area contributed by atoms with Gasteiger partial charge < -0.3 is 9.47 Å². The summed E-state index contributed by atoms with van der Waals surface area (Å²) in [7, 11) is 0. The maximum atomic E-state index is 10.9. The fourth-order valence-corrected chi connectivity index (χ4v) is 0.709. The summed E-state index contributed by atoms with van der Waals surface area (Å²) in [5, 5.41) is 0. The Kier molecular flexibility index (Phi) is 6.02. The second-order valence-electron chi connectivity index (χ2n) is 4.99. The van der Waals surface area contributed by atoms with Gasteiger partial charge in [0.25, 0.3) is 0 Å². The van der Waals surface area contributed by atoms with Gasteiger partial charge in [0.05, 0.1) is 6.61 Å². The third kappa shape index (κ3) is 8.27.